The lowest BCUT2D eigenvalue weighted by atomic mass is 9.98. The van der Waals surface area contributed by atoms with E-state index in [1.54, 1.807) is 0 Å². The third-order valence-electron chi connectivity index (χ3n) is 3.91. The quantitative estimate of drug-likeness (QED) is 0.784. The van der Waals surface area contributed by atoms with Gasteiger partial charge in [-0.05, 0) is 29.9 Å². The van der Waals surface area contributed by atoms with E-state index in [0.717, 1.165) is 13.0 Å². The van der Waals surface area contributed by atoms with E-state index in [9.17, 15) is 0 Å². The summed E-state index contributed by atoms with van der Waals surface area (Å²) in [6.45, 7) is 3.46. The van der Waals surface area contributed by atoms with Gasteiger partial charge in [-0.3, -0.25) is 4.90 Å². The van der Waals surface area contributed by atoms with Gasteiger partial charge in [0.15, 0.2) is 0 Å². The average molecular weight is 228 g/mol. The van der Waals surface area contributed by atoms with Gasteiger partial charge in [0.05, 0.1) is 0 Å². The fourth-order valence-electron chi connectivity index (χ4n) is 2.98. The van der Waals surface area contributed by atoms with Crippen molar-refractivity contribution >= 4 is 0 Å². The SMILES string of the molecule is NC1C=CC(CN2CCc3ccccc3C2)C1. The Hall–Kier alpha value is -1.12. The first-order valence-corrected chi connectivity index (χ1v) is 6.54. The summed E-state index contributed by atoms with van der Waals surface area (Å²) in [7, 11) is 0. The van der Waals surface area contributed by atoms with Crippen LogP contribution in [-0.2, 0) is 13.0 Å². The zero-order valence-corrected chi connectivity index (χ0v) is 10.2. The Morgan fingerprint density at radius 1 is 1.18 bits per heavy atom. The van der Waals surface area contributed by atoms with Crippen molar-refractivity contribution < 1.29 is 0 Å². The normalized spacial score (nSPS) is 28.3. The van der Waals surface area contributed by atoms with Crippen LogP contribution in [-0.4, -0.2) is 24.0 Å². The van der Waals surface area contributed by atoms with E-state index in [1.165, 1.54) is 30.6 Å². The molecule has 2 atom stereocenters. The number of hydrogen-bond acceptors (Lipinski definition) is 2. The van der Waals surface area contributed by atoms with Gasteiger partial charge < -0.3 is 5.73 Å². The van der Waals surface area contributed by atoms with Gasteiger partial charge in [-0.2, -0.15) is 0 Å². The van der Waals surface area contributed by atoms with Crippen molar-refractivity contribution in [3.8, 4) is 0 Å². The first kappa shape index (κ1) is 11.0. The van der Waals surface area contributed by atoms with Crippen molar-refractivity contribution in [3.63, 3.8) is 0 Å². The highest BCUT2D eigenvalue weighted by atomic mass is 15.1. The summed E-state index contributed by atoms with van der Waals surface area (Å²) in [4.78, 5) is 2.56. The van der Waals surface area contributed by atoms with E-state index >= 15 is 0 Å². The Labute approximate surface area is 103 Å². The average Bonchev–Trinajstić information content (AvgIpc) is 2.75. The Morgan fingerprint density at radius 3 is 2.76 bits per heavy atom. The number of benzene rings is 1. The minimum Gasteiger partial charge on any atom is -0.324 e. The van der Waals surface area contributed by atoms with Crippen LogP contribution in [0.4, 0.5) is 0 Å². The maximum absolute atomic E-state index is 5.90. The van der Waals surface area contributed by atoms with Crippen molar-refractivity contribution in [1.29, 1.82) is 0 Å². The van der Waals surface area contributed by atoms with E-state index < -0.39 is 0 Å². The van der Waals surface area contributed by atoms with E-state index in [0.29, 0.717) is 5.92 Å². The smallest absolute Gasteiger partial charge is 0.0236 e. The molecule has 0 saturated heterocycles. The number of rotatable bonds is 2. The molecule has 1 aromatic rings. The molecule has 1 aromatic carbocycles. The summed E-state index contributed by atoms with van der Waals surface area (Å²) in [6.07, 6.45) is 6.77. The van der Waals surface area contributed by atoms with Gasteiger partial charge in [0, 0.05) is 25.7 Å². The minimum atomic E-state index is 0.289. The molecule has 2 unspecified atom stereocenters. The molecule has 1 aliphatic heterocycles. The fourth-order valence-corrected chi connectivity index (χ4v) is 2.98. The second-order valence-corrected chi connectivity index (χ2v) is 5.30. The van der Waals surface area contributed by atoms with Crippen LogP contribution >= 0.6 is 0 Å². The third-order valence-corrected chi connectivity index (χ3v) is 3.91. The maximum Gasteiger partial charge on any atom is 0.0236 e. The number of nitrogens with zero attached hydrogens (tertiary/aromatic N) is 1. The molecule has 2 heteroatoms. The highest BCUT2D eigenvalue weighted by molar-refractivity contribution is 5.29. The van der Waals surface area contributed by atoms with Crippen molar-refractivity contribution in [2.75, 3.05) is 13.1 Å². The minimum absolute atomic E-state index is 0.289. The summed E-state index contributed by atoms with van der Waals surface area (Å²) < 4.78 is 0. The van der Waals surface area contributed by atoms with Crippen LogP contribution in [0.2, 0.25) is 0 Å². The molecule has 0 spiro atoms. The monoisotopic (exact) mass is 228 g/mol. The van der Waals surface area contributed by atoms with Crippen LogP contribution in [0, 0.1) is 5.92 Å². The Morgan fingerprint density at radius 2 is 2.00 bits per heavy atom. The van der Waals surface area contributed by atoms with Crippen LogP contribution in [0.1, 0.15) is 17.5 Å². The predicted molar refractivity (Wildman–Crippen MR) is 70.6 cm³/mol. The number of hydrogen-bond donors (Lipinski definition) is 1. The summed E-state index contributed by atoms with van der Waals surface area (Å²) in [5, 5.41) is 0. The molecule has 1 heterocycles. The molecule has 2 nitrogen and oxygen atoms in total. The molecule has 0 aromatic heterocycles. The number of fused-ring (bicyclic) bond motifs is 1. The standard InChI is InChI=1S/C15H20N2/c16-15-6-5-12(9-15)10-17-8-7-13-3-1-2-4-14(13)11-17/h1-6,12,15H,7-11,16H2. The summed E-state index contributed by atoms with van der Waals surface area (Å²) in [5.41, 5.74) is 8.94. The van der Waals surface area contributed by atoms with Crippen molar-refractivity contribution in [2.24, 2.45) is 11.7 Å². The molecule has 2 aliphatic rings. The molecule has 0 radical (unpaired) electrons. The van der Waals surface area contributed by atoms with Crippen LogP contribution in [0.5, 0.6) is 0 Å². The lowest BCUT2D eigenvalue weighted by Gasteiger charge is -2.30. The molecule has 1 aliphatic carbocycles. The number of nitrogens with two attached hydrogens (primary N) is 1. The van der Waals surface area contributed by atoms with Gasteiger partial charge in [-0.15, -0.1) is 0 Å². The predicted octanol–water partition coefficient (Wildman–Crippen LogP) is 1.95. The van der Waals surface area contributed by atoms with Gasteiger partial charge in [0.2, 0.25) is 0 Å². The van der Waals surface area contributed by atoms with E-state index in [1.807, 2.05) is 0 Å². The second kappa shape index (κ2) is 4.63. The van der Waals surface area contributed by atoms with Gasteiger partial charge in [-0.25, -0.2) is 0 Å². The van der Waals surface area contributed by atoms with Crippen molar-refractivity contribution in [1.82, 2.24) is 4.90 Å². The molecule has 0 bridgehead atoms. The molecule has 90 valence electrons. The summed E-state index contributed by atoms with van der Waals surface area (Å²) >= 11 is 0. The Bertz CT molecular complexity index is 425. The molecular formula is C15H20N2. The van der Waals surface area contributed by atoms with E-state index in [-0.39, 0.29) is 6.04 Å². The van der Waals surface area contributed by atoms with Gasteiger partial charge in [-0.1, -0.05) is 36.4 Å². The van der Waals surface area contributed by atoms with Gasteiger partial charge in [0.1, 0.15) is 0 Å². The maximum atomic E-state index is 5.90. The Kier molecular flexibility index (Phi) is 3.00. The van der Waals surface area contributed by atoms with E-state index in [2.05, 4.69) is 41.3 Å². The Balaban J connectivity index is 1.63. The first-order chi connectivity index (χ1) is 8.31. The van der Waals surface area contributed by atoms with Crippen LogP contribution in [0.25, 0.3) is 0 Å². The summed E-state index contributed by atoms with van der Waals surface area (Å²) in [6, 6.07) is 9.11. The van der Waals surface area contributed by atoms with Crippen molar-refractivity contribution in [2.45, 2.75) is 25.4 Å². The highest BCUT2D eigenvalue weighted by Gasteiger charge is 2.21. The first-order valence-electron chi connectivity index (χ1n) is 6.54. The van der Waals surface area contributed by atoms with Gasteiger partial charge >= 0.3 is 0 Å². The highest BCUT2D eigenvalue weighted by Crippen LogP contribution is 2.23. The third kappa shape index (κ3) is 2.43. The molecule has 0 saturated carbocycles. The molecular weight excluding hydrogens is 208 g/mol. The molecule has 3 rings (SSSR count). The zero-order valence-electron chi connectivity index (χ0n) is 10.2. The molecule has 17 heavy (non-hydrogen) atoms. The zero-order chi connectivity index (χ0) is 11.7. The summed E-state index contributed by atoms with van der Waals surface area (Å²) in [5.74, 6) is 0.662. The van der Waals surface area contributed by atoms with Crippen LogP contribution in [0.15, 0.2) is 36.4 Å². The van der Waals surface area contributed by atoms with Crippen molar-refractivity contribution in [3.05, 3.63) is 47.5 Å². The molecule has 0 fully saturated rings. The van der Waals surface area contributed by atoms with E-state index in [4.69, 9.17) is 5.73 Å². The fraction of sp³-hybridized carbons (Fsp3) is 0.467. The molecule has 0 amide bonds. The van der Waals surface area contributed by atoms with Gasteiger partial charge in [0.25, 0.3) is 0 Å². The van der Waals surface area contributed by atoms with Crippen LogP contribution in [0.3, 0.4) is 0 Å². The second-order valence-electron chi connectivity index (χ2n) is 5.30. The molecule has 2 N–H and O–H groups in total. The largest absolute Gasteiger partial charge is 0.324 e. The lowest BCUT2D eigenvalue weighted by molar-refractivity contribution is 0.227. The lowest BCUT2D eigenvalue weighted by Crippen LogP contribution is -2.34. The topological polar surface area (TPSA) is 29.3 Å². The van der Waals surface area contributed by atoms with Crippen LogP contribution < -0.4 is 5.73 Å².